The Kier molecular flexibility index (Phi) is 6.29. The molecule has 2 aromatic carbocycles. The molecule has 0 aliphatic carbocycles. The zero-order chi connectivity index (χ0) is 24.4. The van der Waals surface area contributed by atoms with E-state index in [9.17, 15) is 14.4 Å². The van der Waals surface area contributed by atoms with Crippen molar-refractivity contribution in [2.24, 2.45) is 0 Å². The van der Waals surface area contributed by atoms with Crippen molar-refractivity contribution in [2.45, 2.75) is 6.92 Å². The Morgan fingerprint density at radius 1 is 1.06 bits per heavy atom. The maximum atomic E-state index is 13.2. The van der Waals surface area contributed by atoms with Crippen molar-refractivity contribution in [3.05, 3.63) is 77.1 Å². The Hall–Kier alpha value is -4.24. The quantitative estimate of drug-likeness (QED) is 0.258. The zero-order valence-electron chi connectivity index (χ0n) is 18.6. The predicted octanol–water partition coefficient (Wildman–Crippen LogP) is 3.88. The van der Waals surface area contributed by atoms with E-state index in [-0.39, 0.29) is 10.7 Å². The lowest BCUT2D eigenvalue weighted by molar-refractivity contribution is -0.122. The lowest BCUT2D eigenvalue weighted by Gasteiger charge is -2.28. The van der Waals surface area contributed by atoms with Gasteiger partial charge in [-0.1, -0.05) is 6.07 Å². The Morgan fingerprint density at radius 3 is 2.44 bits per heavy atom. The number of thiocarbonyl (C=S) groups is 1. The smallest absolute Gasteiger partial charge is 0.337 e. The Bertz CT molecular complexity index is 1340. The van der Waals surface area contributed by atoms with Gasteiger partial charge in [0, 0.05) is 5.56 Å². The molecule has 2 heterocycles. The second-order valence-corrected chi connectivity index (χ2v) is 7.77. The molecule has 34 heavy (non-hydrogen) atoms. The van der Waals surface area contributed by atoms with Crippen molar-refractivity contribution in [2.75, 3.05) is 19.1 Å². The van der Waals surface area contributed by atoms with Crippen LogP contribution in [-0.2, 0) is 14.3 Å². The van der Waals surface area contributed by atoms with Gasteiger partial charge in [-0.25, -0.2) is 4.79 Å². The number of esters is 1. The van der Waals surface area contributed by atoms with Crippen LogP contribution in [0.1, 0.15) is 21.7 Å². The number of furan rings is 1. The van der Waals surface area contributed by atoms with Gasteiger partial charge in [-0.2, -0.15) is 0 Å². The summed E-state index contributed by atoms with van der Waals surface area (Å²) in [6.07, 6.45) is 1.37. The van der Waals surface area contributed by atoms with Gasteiger partial charge in [0.25, 0.3) is 11.8 Å². The average molecular weight is 477 g/mol. The molecule has 1 N–H and O–H groups in total. The first-order chi connectivity index (χ1) is 16.3. The fraction of sp³-hybridized carbons (Fsp3) is 0.120. The molecule has 1 aliphatic rings. The van der Waals surface area contributed by atoms with Crippen LogP contribution in [0.4, 0.5) is 5.69 Å². The normalized spacial score (nSPS) is 14.9. The largest absolute Gasteiger partial charge is 0.497 e. The van der Waals surface area contributed by atoms with E-state index in [0.29, 0.717) is 28.5 Å². The van der Waals surface area contributed by atoms with Crippen LogP contribution >= 0.6 is 12.2 Å². The van der Waals surface area contributed by atoms with E-state index in [2.05, 4.69) is 5.32 Å². The Labute approximate surface area is 200 Å². The number of carbonyl (C=O) groups is 3. The molecule has 0 atom stereocenters. The molecule has 1 aliphatic heterocycles. The van der Waals surface area contributed by atoms with E-state index < -0.39 is 17.8 Å². The number of ether oxygens (including phenoxy) is 2. The maximum absolute atomic E-state index is 13.2. The number of methoxy groups -OCH3 is 2. The fourth-order valence-electron chi connectivity index (χ4n) is 3.53. The first-order valence-electron chi connectivity index (χ1n) is 10.2. The van der Waals surface area contributed by atoms with Gasteiger partial charge >= 0.3 is 5.97 Å². The fourth-order valence-corrected chi connectivity index (χ4v) is 3.81. The molecule has 1 fully saturated rings. The number of nitrogens with one attached hydrogen (secondary N) is 1. The highest BCUT2D eigenvalue weighted by Crippen LogP contribution is 2.29. The SMILES string of the molecule is COC(=O)c1ccc(-c2ccc(/C=C3\C(=O)NC(=S)N(c4ccc(OC)cc4)C3=O)o2)c(C)c1. The monoisotopic (exact) mass is 476 g/mol. The molecule has 0 radical (unpaired) electrons. The van der Waals surface area contributed by atoms with Gasteiger partial charge in [0.05, 0.1) is 25.5 Å². The number of hydrogen-bond acceptors (Lipinski definition) is 7. The minimum Gasteiger partial charge on any atom is -0.497 e. The van der Waals surface area contributed by atoms with E-state index >= 15 is 0 Å². The second-order valence-electron chi connectivity index (χ2n) is 7.38. The predicted molar refractivity (Wildman–Crippen MR) is 129 cm³/mol. The van der Waals surface area contributed by atoms with E-state index in [1.165, 1.54) is 18.1 Å². The van der Waals surface area contributed by atoms with Gasteiger partial charge in [0.2, 0.25) is 0 Å². The van der Waals surface area contributed by atoms with Crippen LogP contribution in [0.15, 0.2) is 64.6 Å². The van der Waals surface area contributed by atoms with Gasteiger partial charge in [-0.3, -0.25) is 19.8 Å². The van der Waals surface area contributed by atoms with Crippen molar-refractivity contribution in [1.82, 2.24) is 5.32 Å². The number of hydrogen-bond donors (Lipinski definition) is 1. The molecule has 1 saturated heterocycles. The summed E-state index contributed by atoms with van der Waals surface area (Å²) in [5.74, 6) is -0.163. The molecular weight excluding hydrogens is 456 g/mol. The summed E-state index contributed by atoms with van der Waals surface area (Å²) in [6, 6.07) is 15.2. The number of benzene rings is 2. The summed E-state index contributed by atoms with van der Waals surface area (Å²) in [5, 5.41) is 2.52. The van der Waals surface area contributed by atoms with Gasteiger partial charge in [-0.05, 0) is 79.3 Å². The topological polar surface area (TPSA) is 98.1 Å². The number of amides is 2. The zero-order valence-corrected chi connectivity index (χ0v) is 19.4. The third-order valence-corrected chi connectivity index (χ3v) is 5.54. The summed E-state index contributed by atoms with van der Waals surface area (Å²) in [7, 11) is 2.86. The molecule has 172 valence electrons. The highest BCUT2D eigenvalue weighted by molar-refractivity contribution is 7.80. The van der Waals surface area contributed by atoms with E-state index in [4.69, 9.17) is 26.1 Å². The molecule has 9 heteroatoms. The van der Waals surface area contributed by atoms with E-state index in [1.807, 2.05) is 6.92 Å². The Morgan fingerprint density at radius 2 is 1.79 bits per heavy atom. The van der Waals surface area contributed by atoms with Crippen LogP contribution in [0.25, 0.3) is 17.4 Å². The van der Waals surface area contributed by atoms with Crippen LogP contribution in [0.2, 0.25) is 0 Å². The van der Waals surface area contributed by atoms with Crippen LogP contribution in [0, 0.1) is 6.92 Å². The minimum atomic E-state index is -0.615. The number of carbonyl (C=O) groups excluding carboxylic acids is 3. The van der Waals surface area contributed by atoms with Crippen LogP contribution in [-0.4, -0.2) is 37.1 Å². The van der Waals surface area contributed by atoms with Gasteiger partial charge in [0.1, 0.15) is 22.8 Å². The Balaban J connectivity index is 1.63. The number of anilines is 1. The molecule has 3 aromatic rings. The van der Waals surface area contributed by atoms with Crippen LogP contribution < -0.4 is 15.0 Å². The van der Waals surface area contributed by atoms with Crippen molar-refractivity contribution in [1.29, 1.82) is 0 Å². The van der Waals surface area contributed by atoms with Crippen molar-refractivity contribution >= 4 is 46.9 Å². The summed E-state index contributed by atoms with van der Waals surface area (Å²) in [5.41, 5.74) is 2.36. The summed E-state index contributed by atoms with van der Waals surface area (Å²) in [6.45, 7) is 1.84. The van der Waals surface area contributed by atoms with Crippen molar-refractivity contribution < 1.29 is 28.3 Å². The minimum absolute atomic E-state index is 0.0150. The molecule has 1 aromatic heterocycles. The molecule has 0 bridgehead atoms. The molecule has 0 unspecified atom stereocenters. The van der Waals surface area contributed by atoms with Crippen molar-refractivity contribution in [3.63, 3.8) is 0 Å². The molecule has 0 spiro atoms. The van der Waals surface area contributed by atoms with E-state index in [0.717, 1.165) is 11.1 Å². The molecular formula is C25H20N2O6S. The number of rotatable bonds is 5. The first-order valence-corrected chi connectivity index (χ1v) is 10.6. The third kappa shape index (κ3) is 4.33. The van der Waals surface area contributed by atoms with Crippen LogP contribution in [0.3, 0.4) is 0 Å². The van der Waals surface area contributed by atoms with Gasteiger partial charge in [0.15, 0.2) is 5.11 Å². The van der Waals surface area contributed by atoms with E-state index in [1.54, 1.807) is 61.7 Å². The molecule has 8 nitrogen and oxygen atoms in total. The lowest BCUT2D eigenvalue weighted by atomic mass is 10.0. The standard InChI is InChI=1S/C25H20N2O6S/c1-14-12-15(24(30)32-3)4-10-19(14)21-11-9-18(33-21)13-20-22(28)26-25(34)27(23(20)29)16-5-7-17(31-2)8-6-16/h4-13H,1-3H3,(H,26,28,34)/b20-13+. The molecule has 0 saturated carbocycles. The van der Waals surface area contributed by atoms with Gasteiger partial charge in [-0.15, -0.1) is 0 Å². The number of aryl methyl sites for hydroxylation is 1. The molecule has 4 rings (SSSR count). The summed E-state index contributed by atoms with van der Waals surface area (Å²) < 4.78 is 15.8. The van der Waals surface area contributed by atoms with Crippen molar-refractivity contribution in [3.8, 4) is 17.1 Å². The molecule has 2 amide bonds. The maximum Gasteiger partial charge on any atom is 0.337 e. The highest BCUT2D eigenvalue weighted by atomic mass is 32.1. The summed E-state index contributed by atoms with van der Waals surface area (Å²) >= 11 is 5.22. The second kappa shape index (κ2) is 9.32. The first kappa shape index (κ1) is 22.9. The lowest BCUT2D eigenvalue weighted by Crippen LogP contribution is -2.54. The highest BCUT2D eigenvalue weighted by Gasteiger charge is 2.34. The van der Waals surface area contributed by atoms with Crippen LogP contribution in [0.5, 0.6) is 5.75 Å². The van der Waals surface area contributed by atoms with Gasteiger partial charge < -0.3 is 13.9 Å². The summed E-state index contributed by atoms with van der Waals surface area (Å²) in [4.78, 5) is 38.7. The number of nitrogens with zero attached hydrogens (tertiary/aromatic N) is 1. The average Bonchev–Trinajstić information content (AvgIpc) is 3.29. The third-order valence-electron chi connectivity index (χ3n) is 5.26.